The first-order valence-electron chi connectivity index (χ1n) is 9.76. The van der Waals surface area contributed by atoms with Crippen LogP contribution in [-0.4, -0.2) is 66.3 Å². The molecule has 2 aromatic rings. The second kappa shape index (κ2) is 10.5. The third-order valence-electron chi connectivity index (χ3n) is 4.86. The van der Waals surface area contributed by atoms with Gasteiger partial charge in [-0.25, -0.2) is 8.42 Å². The number of thioether (sulfide) groups is 1. The standard InChI is InChI=1S/C19H24N4O5S3/c1-3-28-17(25)13-7-9-23(10-8-13)31(26,27)15-6-4-5-14(11-15)16(24)12-20-18-21-19(29-2)22-30-18/h4-6,11,13H,3,7-10,12H2,1-2H3,(H,20,21,22). The van der Waals surface area contributed by atoms with E-state index in [9.17, 15) is 18.0 Å². The summed E-state index contributed by atoms with van der Waals surface area (Å²) in [6.07, 6.45) is 2.70. The van der Waals surface area contributed by atoms with Crippen LogP contribution in [0.15, 0.2) is 34.3 Å². The summed E-state index contributed by atoms with van der Waals surface area (Å²) in [6, 6.07) is 6.02. The number of esters is 1. The molecule has 1 aromatic heterocycles. The predicted molar refractivity (Wildman–Crippen MR) is 119 cm³/mol. The molecule has 1 saturated heterocycles. The lowest BCUT2D eigenvalue weighted by molar-refractivity contribution is -0.149. The van der Waals surface area contributed by atoms with E-state index in [1.807, 2.05) is 6.26 Å². The van der Waals surface area contributed by atoms with Gasteiger partial charge in [-0.15, -0.1) is 0 Å². The van der Waals surface area contributed by atoms with Crippen molar-refractivity contribution in [3.8, 4) is 0 Å². The van der Waals surface area contributed by atoms with Crippen LogP contribution >= 0.6 is 23.3 Å². The molecule has 1 aliphatic rings. The number of carbonyl (C=O) groups is 2. The predicted octanol–water partition coefficient (Wildman–Crippen LogP) is 2.52. The van der Waals surface area contributed by atoms with Crippen LogP contribution in [-0.2, 0) is 19.6 Å². The molecule has 2 heterocycles. The molecule has 0 aliphatic carbocycles. The lowest BCUT2D eigenvalue weighted by atomic mass is 9.98. The number of Topliss-reactive ketones (excluding diaryl/α,β-unsaturated/α-hetero) is 1. The Morgan fingerprint density at radius 3 is 2.71 bits per heavy atom. The molecule has 9 nitrogen and oxygen atoms in total. The van der Waals surface area contributed by atoms with Crippen LogP contribution in [0.2, 0.25) is 0 Å². The number of piperidine rings is 1. The number of sulfonamides is 1. The molecule has 1 aliphatic heterocycles. The molecule has 0 saturated carbocycles. The number of anilines is 1. The van der Waals surface area contributed by atoms with Gasteiger partial charge in [0.1, 0.15) is 0 Å². The van der Waals surface area contributed by atoms with Gasteiger partial charge < -0.3 is 10.1 Å². The van der Waals surface area contributed by atoms with Crippen molar-refractivity contribution >= 4 is 50.2 Å². The number of aromatic nitrogens is 2. The average Bonchev–Trinajstić information content (AvgIpc) is 3.26. The largest absolute Gasteiger partial charge is 0.466 e. The number of carbonyl (C=O) groups excluding carboxylic acids is 2. The van der Waals surface area contributed by atoms with Crippen molar-refractivity contribution in [1.29, 1.82) is 0 Å². The van der Waals surface area contributed by atoms with Gasteiger partial charge in [0.05, 0.1) is 24.0 Å². The fourth-order valence-electron chi connectivity index (χ4n) is 3.19. The Hall–Kier alpha value is -2.02. The van der Waals surface area contributed by atoms with Crippen LogP contribution in [0.1, 0.15) is 30.1 Å². The summed E-state index contributed by atoms with van der Waals surface area (Å²) < 4.78 is 36.6. The maximum atomic E-state index is 13.0. The number of hydrogen-bond donors (Lipinski definition) is 1. The number of ketones is 1. The molecule has 1 aromatic carbocycles. The molecule has 31 heavy (non-hydrogen) atoms. The monoisotopic (exact) mass is 484 g/mol. The molecule has 12 heteroatoms. The quantitative estimate of drug-likeness (QED) is 0.325. The minimum atomic E-state index is -3.76. The van der Waals surface area contributed by atoms with E-state index in [2.05, 4.69) is 14.7 Å². The van der Waals surface area contributed by atoms with Crippen LogP contribution in [0, 0.1) is 5.92 Å². The third kappa shape index (κ3) is 5.82. The van der Waals surface area contributed by atoms with Crippen LogP contribution in [0.3, 0.4) is 0 Å². The van der Waals surface area contributed by atoms with E-state index in [1.54, 1.807) is 19.1 Å². The highest BCUT2D eigenvalue weighted by molar-refractivity contribution is 7.98. The lowest BCUT2D eigenvalue weighted by Gasteiger charge is -2.30. The molecule has 0 amide bonds. The van der Waals surface area contributed by atoms with Gasteiger partial charge in [-0.1, -0.05) is 23.9 Å². The zero-order valence-electron chi connectivity index (χ0n) is 17.2. The average molecular weight is 485 g/mol. The minimum Gasteiger partial charge on any atom is -0.466 e. The summed E-state index contributed by atoms with van der Waals surface area (Å²) in [5, 5.41) is 4.08. The Morgan fingerprint density at radius 2 is 2.06 bits per heavy atom. The van der Waals surface area contributed by atoms with Crippen molar-refractivity contribution in [2.24, 2.45) is 5.92 Å². The number of hydrogen-bond acceptors (Lipinski definition) is 10. The fraction of sp³-hybridized carbons (Fsp3) is 0.474. The number of nitrogens with zero attached hydrogens (tertiary/aromatic N) is 3. The summed E-state index contributed by atoms with van der Waals surface area (Å²) in [5.74, 6) is -0.809. The molecule has 0 atom stereocenters. The summed E-state index contributed by atoms with van der Waals surface area (Å²) in [6.45, 7) is 2.51. The van der Waals surface area contributed by atoms with Gasteiger partial charge in [-0.05, 0) is 38.2 Å². The number of rotatable bonds is 9. The van der Waals surface area contributed by atoms with E-state index in [0.29, 0.717) is 35.3 Å². The van der Waals surface area contributed by atoms with Gasteiger partial charge in [0.25, 0.3) is 0 Å². The summed E-state index contributed by atoms with van der Waals surface area (Å²) in [4.78, 5) is 28.7. The van der Waals surface area contributed by atoms with Crippen molar-refractivity contribution < 1.29 is 22.7 Å². The Bertz CT molecular complexity index is 1030. The third-order valence-corrected chi connectivity index (χ3v) is 8.09. The van der Waals surface area contributed by atoms with Gasteiger partial charge in [0.2, 0.25) is 20.3 Å². The van der Waals surface area contributed by atoms with E-state index < -0.39 is 10.0 Å². The van der Waals surface area contributed by atoms with Gasteiger partial charge in [0, 0.05) is 30.2 Å². The summed E-state index contributed by atoms with van der Waals surface area (Å²) in [5.41, 5.74) is 0.296. The normalized spacial score (nSPS) is 15.5. The van der Waals surface area contributed by atoms with Crippen LogP contribution in [0.5, 0.6) is 0 Å². The van der Waals surface area contributed by atoms with Crippen molar-refractivity contribution in [3.05, 3.63) is 29.8 Å². The Kier molecular flexibility index (Phi) is 8.03. The molecular weight excluding hydrogens is 460 g/mol. The summed E-state index contributed by atoms with van der Waals surface area (Å²) in [7, 11) is -3.76. The van der Waals surface area contributed by atoms with Crippen molar-refractivity contribution in [2.45, 2.75) is 29.8 Å². The van der Waals surface area contributed by atoms with E-state index >= 15 is 0 Å². The SMILES string of the molecule is CCOC(=O)C1CCN(S(=O)(=O)c2cccc(C(=O)CNc3nc(SC)ns3)c2)CC1. The Morgan fingerprint density at radius 1 is 1.32 bits per heavy atom. The maximum absolute atomic E-state index is 13.0. The molecule has 0 spiro atoms. The Labute approximate surface area is 189 Å². The van der Waals surface area contributed by atoms with Crippen molar-refractivity contribution in [1.82, 2.24) is 13.7 Å². The van der Waals surface area contributed by atoms with E-state index in [1.165, 1.54) is 28.2 Å². The molecule has 1 N–H and O–H groups in total. The number of nitrogens with one attached hydrogen (secondary N) is 1. The van der Waals surface area contributed by atoms with Gasteiger partial charge >= 0.3 is 5.97 Å². The topological polar surface area (TPSA) is 119 Å². The lowest BCUT2D eigenvalue weighted by Crippen LogP contribution is -2.40. The van der Waals surface area contributed by atoms with Crippen LogP contribution in [0.4, 0.5) is 5.13 Å². The molecule has 0 unspecified atom stereocenters. The first-order valence-corrected chi connectivity index (χ1v) is 13.2. The smallest absolute Gasteiger partial charge is 0.309 e. The van der Waals surface area contributed by atoms with E-state index in [4.69, 9.17) is 4.74 Å². The first kappa shape index (κ1) is 23.6. The highest BCUT2D eigenvalue weighted by Crippen LogP contribution is 2.25. The molecule has 3 rings (SSSR count). The van der Waals surface area contributed by atoms with Gasteiger partial charge in [-0.2, -0.15) is 13.7 Å². The van der Waals surface area contributed by atoms with Crippen LogP contribution in [0.25, 0.3) is 0 Å². The minimum absolute atomic E-state index is 0.0164. The van der Waals surface area contributed by atoms with E-state index in [0.717, 1.165) is 11.5 Å². The highest BCUT2D eigenvalue weighted by Gasteiger charge is 2.33. The molecular formula is C19H24N4O5S3. The fourth-order valence-corrected chi connectivity index (χ4v) is 5.83. The summed E-state index contributed by atoms with van der Waals surface area (Å²) >= 11 is 2.57. The molecule has 1 fully saturated rings. The zero-order valence-corrected chi connectivity index (χ0v) is 19.7. The van der Waals surface area contributed by atoms with Crippen LogP contribution < -0.4 is 5.32 Å². The Balaban J connectivity index is 1.64. The molecule has 0 radical (unpaired) electrons. The second-order valence-electron chi connectivity index (χ2n) is 6.82. The van der Waals surface area contributed by atoms with Crippen molar-refractivity contribution in [2.75, 3.05) is 37.8 Å². The van der Waals surface area contributed by atoms with Gasteiger partial charge in [0.15, 0.2) is 5.78 Å². The molecule has 168 valence electrons. The molecule has 0 bridgehead atoms. The zero-order chi connectivity index (χ0) is 22.4. The maximum Gasteiger partial charge on any atom is 0.309 e. The van der Waals surface area contributed by atoms with E-state index in [-0.39, 0.29) is 42.2 Å². The highest BCUT2D eigenvalue weighted by atomic mass is 32.2. The second-order valence-corrected chi connectivity index (χ2v) is 10.3. The number of ether oxygens (including phenoxy) is 1. The van der Waals surface area contributed by atoms with Crippen molar-refractivity contribution in [3.63, 3.8) is 0 Å². The van der Waals surface area contributed by atoms with Gasteiger partial charge in [-0.3, -0.25) is 9.59 Å². The first-order chi connectivity index (χ1) is 14.8. The number of benzene rings is 1.